The number of hydrogen-bond donors (Lipinski definition) is 2. The van der Waals surface area contributed by atoms with Gasteiger partial charge in [0.25, 0.3) is 0 Å². The first-order valence-electron chi connectivity index (χ1n) is 8.86. The van der Waals surface area contributed by atoms with Crippen LogP contribution in [0.3, 0.4) is 0 Å². The summed E-state index contributed by atoms with van der Waals surface area (Å²) in [5, 5.41) is 13.1. The van der Waals surface area contributed by atoms with Crippen molar-refractivity contribution >= 4 is 5.91 Å². The third-order valence-electron chi connectivity index (χ3n) is 4.63. The van der Waals surface area contributed by atoms with Crippen molar-refractivity contribution in [3.8, 4) is 5.75 Å². The summed E-state index contributed by atoms with van der Waals surface area (Å²) in [6.45, 7) is 8.56. The first-order valence-corrected chi connectivity index (χ1v) is 8.86. The van der Waals surface area contributed by atoms with Gasteiger partial charge < -0.3 is 15.2 Å². The second-order valence-electron chi connectivity index (χ2n) is 7.03. The molecule has 0 bridgehead atoms. The van der Waals surface area contributed by atoms with Crippen molar-refractivity contribution in [2.24, 2.45) is 5.92 Å². The Morgan fingerprint density at radius 2 is 2.12 bits per heavy atom. The summed E-state index contributed by atoms with van der Waals surface area (Å²) < 4.78 is 5.72. The van der Waals surface area contributed by atoms with Crippen LogP contribution in [0.15, 0.2) is 24.3 Å². The van der Waals surface area contributed by atoms with Gasteiger partial charge in [-0.25, -0.2) is 0 Å². The van der Waals surface area contributed by atoms with Crippen LogP contribution >= 0.6 is 0 Å². The molecule has 0 aliphatic carbocycles. The number of phenolic OH excluding ortho intramolecular Hbond substituents is 1. The minimum Gasteiger partial charge on any atom is -0.508 e. The zero-order chi connectivity index (χ0) is 17.5. The van der Waals surface area contributed by atoms with Crippen molar-refractivity contribution in [2.45, 2.75) is 52.3 Å². The third-order valence-corrected chi connectivity index (χ3v) is 4.63. The molecule has 1 aliphatic heterocycles. The first-order chi connectivity index (χ1) is 11.5. The highest BCUT2D eigenvalue weighted by Crippen LogP contribution is 2.20. The van der Waals surface area contributed by atoms with Gasteiger partial charge in [-0.1, -0.05) is 32.0 Å². The summed E-state index contributed by atoms with van der Waals surface area (Å²) in [5.74, 6) is 0.689. The molecule has 2 atom stereocenters. The van der Waals surface area contributed by atoms with E-state index >= 15 is 0 Å². The fourth-order valence-corrected chi connectivity index (χ4v) is 2.82. The normalized spacial score (nSPS) is 19.0. The van der Waals surface area contributed by atoms with Gasteiger partial charge in [-0.15, -0.1) is 0 Å². The number of amides is 1. The molecular weight excluding hydrogens is 304 g/mol. The Bertz CT molecular complexity index is 527. The number of carbonyl (C=O) groups is 1. The number of carbonyl (C=O) groups excluding carboxylic acids is 1. The summed E-state index contributed by atoms with van der Waals surface area (Å²) in [6.07, 6.45) is 2.28. The Morgan fingerprint density at radius 1 is 1.38 bits per heavy atom. The fraction of sp³-hybridized carbons (Fsp3) is 0.632. The van der Waals surface area contributed by atoms with E-state index in [1.165, 1.54) is 0 Å². The second kappa shape index (κ2) is 9.04. The highest BCUT2D eigenvalue weighted by Gasteiger charge is 2.22. The van der Waals surface area contributed by atoms with Gasteiger partial charge in [0.05, 0.1) is 12.6 Å². The zero-order valence-corrected chi connectivity index (χ0v) is 15.0. The van der Waals surface area contributed by atoms with Gasteiger partial charge in [0, 0.05) is 31.3 Å². The molecule has 2 N–H and O–H groups in total. The van der Waals surface area contributed by atoms with Crippen molar-refractivity contribution < 1.29 is 14.6 Å². The van der Waals surface area contributed by atoms with Gasteiger partial charge in [0.1, 0.15) is 5.75 Å². The smallest absolute Gasteiger partial charge is 0.234 e. The van der Waals surface area contributed by atoms with Gasteiger partial charge in [-0.2, -0.15) is 0 Å². The molecule has 24 heavy (non-hydrogen) atoms. The van der Waals surface area contributed by atoms with Crippen molar-refractivity contribution in [1.82, 2.24) is 10.2 Å². The summed E-state index contributed by atoms with van der Waals surface area (Å²) >= 11 is 0. The molecule has 1 aliphatic rings. The van der Waals surface area contributed by atoms with Crippen molar-refractivity contribution in [2.75, 3.05) is 19.7 Å². The Morgan fingerprint density at radius 3 is 2.75 bits per heavy atom. The maximum absolute atomic E-state index is 12.4. The average molecular weight is 334 g/mol. The molecule has 5 heteroatoms. The number of rotatable bonds is 8. The van der Waals surface area contributed by atoms with Crippen LogP contribution in [0.2, 0.25) is 0 Å². The summed E-state index contributed by atoms with van der Waals surface area (Å²) in [5.41, 5.74) is 0.834. The Balaban J connectivity index is 1.99. The summed E-state index contributed by atoms with van der Waals surface area (Å²) in [4.78, 5) is 14.4. The number of aromatic hydroxyl groups is 1. The number of para-hydroxylation sites is 1. The molecule has 1 aromatic carbocycles. The van der Waals surface area contributed by atoms with E-state index in [4.69, 9.17) is 4.74 Å². The average Bonchev–Trinajstić information content (AvgIpc) is 3.02. The molecule has 0 radical (unpaired) electrons. The molecule has 0 aromatic heterocycles. The van der Waals surface area contributed by atoms with Crippen LogP contribution in [0.4, 0.5) is 0 Å². The Hall–Kier alpha value is -1.59. The molecule has 2 rings (SSSR count). The number of benzene rings is 1. The fourth-order valence-electron chi connectivity index (χ4n) is 2.82. The molecule has 1 amide bonds. The Labute approximate surface area is 145 Å². The second-order valence-corrected chi connectivity index (χ2v) is 7.03. The molecule has 1 fully saturated rings. The molecule has 1 heterocycles. The van der Waals surface area contributed by atoms with E-state index in [1.807, 2.05) is 19.1 Å². The maximum Gasteiger partial charge on any atom is 0.234 e. The molecule has 1 saturated heterocycles. The largest absolute Gasteiger partial charge is 0.508 e. The van der Waals surface area contributed by atoms with Crippen LogP contribution in [-0.2, 0) is 16.1 Å². The lowest BCUT2D eigenvalue weighted by Gasteiger charge is -2.26. The zero-order valence-electron chi connectivity index (χ0n) is 15.0. The molecule has 0 saturated carbocycles. The molecule has 0 unspecified atom stereocenters. The molecule has 134 valence electrons. The molecule has 1 aromatic rings. The van der Waals surface area contributed by atoms with Gasteiger partial charge >= 0.3 is 0 Å². The number of nitrogens with zero attached hydrogens (tertiary/aromatic N) is 1. The minimum absolute atomic E-state index is 0.0182. The van der Waals surface area contributed by atoms with Crippen LogP contribution in [0, 0.1) is 5.92 Å². The molecular formula is C19H30N2O3. The monoisotopic (exact) mass is 334 g/mol. The van der Waals surface area contributed by atoms with Gasteiger partial charge in [0.2, 0.25) is 5.91 Å². The van der Waals surface area contributed by atoms with Crippen LogP contribution < -0.4 is 5.32 Å². The number of hydrogen-bond acceptors (Lipinski definition) is 4. The number of ether oxygens (including phenoxy) is 1. The van der Waals surface area contributed by atoms with E-state index in [9.17, 15) is 9.90 Å². The predicted molar refractivity (Wildman–Crippen MR) is 94.8 cm³/mol. The first kappa shape index (κ1) is 18.7. The summed E-state index contributed by atoms with van der Waals surface area (Å²) in [7, 11) is 0. The van der Waals surface area contributed by atoms with Gasteiger partial charge in [0.15, 0.2) is 0 Å². The van der Waals surface area contributed by atoms with Crippen LogP contribution in [0.5, 0.6) is 5.75 Å². The van der Waals surface area contributed by atoms with E-state index in [1.54, 1.807) is 12.1 Å². The Kier molecular flexibility index (Phi) is 7.06. The SMILES string of the molecule is CC(C)[C@@H](C)NC(=O)CN(Cc1ccccc1O)C[C@H]1CCCO1. The predicted octanol–water partition coefficient (Wildman–Crippen LogP) is 2.53. The van der Waals surface area contributed by atoms with E-state index in [0.29, 0.717) is 25.6 Å². The standard InChI is InChI=1S/C19H30N2O3/c1-14(2)15(3)20-19(23)13-21(12-17-8-6-10-24-17)11-16-7-4-5-9-18(16)22/h4-5,7,9,14-15,17,22H,6,8,10-13H2,1-3H3,(H,20,23)/t15-,17-/m1/s1. The van der Waals surface area contributed by atoms with Crippen molar-refractivity contribution in [1.29, 1.82) is 0 Å². The van der Waals surface area contributed by atoms with Crippen LogP contribution in [0.1, 0.15) is 39.2 Å². The molecule has 5 nitrogen and oxygen atoms in total. The van der Waals surface area contributed by atoms with Crippen LogP contribution in [-0.4, -0.2) is 47.8 Å². The van der Waals surface area contributed by atoms with Crippen molar-refractivity contribution in [3.05, 3.63) is 29.8 Å². The lowest BCUT2D eigenvalue weighted by Crippen LogP contribution is -2.44. The lowest BCUT2D eigenvalue weighted by atomic mass is 10.1. The maximum atomic E-state index is 12.4. The van der Waals surface area contributed by atoms with E-state index < -0.39 is 0 Å². The quantitative estimate of drug-likeness (QED) is 0.767. The topological polar surface area (TPSA) is 61.8 Å². The number of nitrogens with one attached hydrogen (secondary N) is 1. The van der Waals surface area contributed by atoms with Crippen molar-refractivity contribution in [3.63, 3.8) is 0 Å². The molecule has 0 spiro atoms. The minimum atomic E-state index is 0.0182. The van der Waals surface area contributed by atoms with E-state index in [-0.39, 0.29) is 23.8 Å². The lowest BCUT2D eigenvalue weighted by molar-refractivity contribution is -0.123. The van der Waals surface area contributed by atoms with E-state index in [0.717, 1.165) is 25.0 Å². The highest BCUT2D eigenvalue weighted by atomic mass is 16.5. The van der Waals surface area contributed by atoms with Crippen LogP contribution in [0.25, 0.3) is 0 Å². The summed E-state index contributed by atoms with van der Waals surface area (Å²) in [6, 6.07) is 7.43. The van der Waals surface area contributed by atoms with Gasteiger partial charge in [-0.05, 0) is 31.7 Å². The van der Waals surface area contributed by atoms with Gasteiger partial charge in [-0.3, -0.25) is 9.69 Å². The third kappa shape index (κ3) is 5.80. The number of phenols is 1. The van der Waals surface area contributed by atoms with E-state index in [2.05, 4.69) is 24.1 Å². The highest BCUT2D eigenvalue weighted by molar-refractivity contribution is 5.78.